The Morgan fingerprint density at radius 2 is 2.50 bits per heavy atom. The Bertz CT molecular complexity index is 355. The summed E-state index contributed by atoms with van der Waals surface area (Å²) in [5.41, 5.74) is 3.21. The second kappa shape index (κ2) is 2.92. The van der Waals surface area contributed by atoms with Crippen LogP contribution in [-0.4, -0.2) is 10.1 Å². The van der Waals surface area contributed by atoms with Crippen LogP contribution in [0.4, 0.5) is 6.01 Å². The number of nitrogens with zero attached hydrogens (tertiary/aromatic N) is 2. The minimum Gasteiger partial charge on any atom is -0.314 e. The van der Waals surface area contributed by atoms with Crippen molar-refractivity contribution in [3.63, 3.8) is 0 Å². The van der Waals surface area contributed by atoms with Crippen molar-refractivity contribution < 1.29 is 4.52 Å². The normalized spacial score (nSPS) is 10.1. The van der Waals surface area contributed by atoms with E-state index in [1.54, 1.807) is 11.3 Å². The van der Waals surface area contributed by atoms with E-state index < -0.39 is 0 Å². The predicted molar refractivity (Wildman–Crippen MR) is 45.4 cm³/mol. The fourth-order valence-corrected chi connectivity index (χ4v) is 1.43. The van der Waals surface area contributed by atoms with Gasteiger partial charge in [-0.1, -0.05) is 5.16 Å². The summed E-state index contributed by atoms with van der Waals surface area (Å²) in [4.78, 5) is 3.96. The summed E-state index contributed by atoms with van der Waals surface area (Å²) in [7, 11) is 0. The minimum atomic E-state index is 0.219. The van der Waals surface area contributed by atoms with Gasteiger partial charge in [-0.25, -0.2) is 5.84 Å². The molecule has 62 valence electrons. The van der Waals surface area contributed by atoms with Crippen LogP contribution in [0.2, 0.25) is 0 Å². The zero-order chi connectivity index (χ0) is 8.39. The summed E-state index contributed by atoms with van der Waals surface area (Å²) in [6.07, 6.45) is 0. The third-order valence-electron chi connectivity index (χ3n) is 1.33. The maximum Gasteiger partial charge on any atom is 0.335 e. The molecule has 2 aromatic heterocycles. The van der Waals surface area contributed by atoms with Crippen molar-refractivity contribution in [2.45, 2.75) is 0 Å². The van der Waals surface area contributed by atoms with Gasteiger partial charge in [0.1, 0.15) is 0 Å². The summed E-state index contributed by atoms with van der Waals surface area (Å²) >= 11 is 1.58. The average molecular weight is 182 g/mol. The molecule has 0 aliphatic rings. The Morgan fingerprint density at radius 3 is 3.08 bits per heavy atom. The van der Waals surface area contributed by atoms with Crippen molar-refractivity contribution in [3.8, 4) is 11.4 Å². The van der Waals surface area contributed by atoms with Gasteiger partial charge in [-0.05, 0) is 11.4 Å². The summed E-state index contributed by atoms with van der Waals surface area (Å²) < 4.78 is 4.74. The van der Waals surface area contributed by atoms with E-state index in [1.807, 2.05) is 16.8 Å². The third kappa shape index (κ3) is 1.17. The van der Waals surface area contributed by atoms with E-state index >= 15 is 0 Å². The lowest BCUT2D eigenvalue weighted by Gasteiger charge is -1.83. The number of nitrogens with one attached hydrogen (secondary N) is 1. The molecule has 6 heteroatoms. The van der Waals surface area contributed by atoms with Crippen LogP contribution in [-0.2, 0) is 0 Å². The lowest BCUT2D eigenvalue weighted by molar-refractivity contribution is 0.432. The highest BCUT2D eigenvalue weighted by atomic mass is 32.1. The van der Waals surface area contributed by atoms with Gasteiger partial charge in [-0.15, -0.1) is 0 Å². The molecular formula is C6H6N4OS. The zero-order valence-corrected chi connectivity index (χ0v) is 6.84. The molecule has 0 aromatic carbocycles. The van der Waals surface area contributed by atoms with E-state index in [1.165, 1.54) is 0 Å². The monoisotopic (exact) mass is 182 g/mol. The van der Waals surface area contributed by atoms with Crippen molar-refractivity contribution >= 4 is 17.4 Å². The second-order valence-corrected chi connectivity index (χ2v) is 2.86. The van der Waals surface area contributed by atoms with Crippen LogP contribution in [0.15, 0.2) is 21.3 Å². The first-order chi connectivity index (χ1) is 5.90. The average Bonchev–Trinajstić information content (AvgIpc) is 2.75. The molecule has 0 atom stereocenters. The number of hydrogen-bond donors (Lipinski definition) is 2. The molecule has 2 rings (SSSR count). The number of thiophene rings is 1. The van der Waals surface area contributed by atoms with Crippen molar-refractivity contribution in [3.05, 3.63) is 16.8 Å². The first-order valence-corrected chi connectivity index (χ1v) is 4.17. The van der Waals surface area contributed by atoms with Gasteiger partial charge in [-0.3, -0.25) is 5.43 Å². The van der Waals surface area contributed by atoms with Crippen molar-refractivity contribution in [2.75, 3.05) is 5.43 Å². The molecule has 12 heavy (non-hydrogen) atoms. The fraction of sp³-hybridized carbons (Fsp3) is 0. The highest BCUT2D eigenvalue weighted by Gasteiger charge is 2.06. The molecule has 0 spiro atoms. The van der Waals surface area contributed by atoms with Crippen LogP contribution >= 0.6 is 11.3 Å². The maximum absolute atomic E-state index is 5.07. The van der Waals surface area contributed by atoms with Crippen molar-refractivity contribution in [1.82, 2.24) is 10.1 Å². The molecule has 3 N–H and O–H groups in total. The maximum atomic E-state index is 5.07. The van der Waals surface area contributed by atoms with Crippen LogP contribution in [0.3, 0.4) is 0 Å². The van der Waals surface area contributed by atoms with Crippen LogP contribution in [0.5, 0.6) is 0 Å². The molecule has 0 bridgehead atoms. The molecule has 0 saturated heterocycles. The first kappa shape index (κ1) is 7.26. The van der Waals surface area contributed by atoms with Gasteiger partial charge in [-0.2, -0.15) is 16.3 Å². The molecule has 0 aliphatic carbocycles. The molecule has 0 fully saturated rings. The Morgan fingerprint density at radius 1 is 1.58 bits per heavy atom. The van der Waals surface area contributed by atoms with E-state index in [4.69, 9.17) is 10.4 Å². The smallest absolute Gasteiger partial charge is 0.314 e. The topological polar surface area (TPSA) is 77.0 Å². The molecule has 0 aliphatic heterocycles. The Kier molecular flexibility index (Phi) is 1.77. The van der Waals surface area contributed by atoms with Gasteiger partial charge in [0.25, 0.3) is 0 Å². The number of anilines is 1. The van der Waals surface area contributed by atoms with Crippen LogP contribution in [0, 0.1) is 0 Å². The van der Waals surface area contributed by atoms with Crippen LogP contribution in [0.1, 0.15) is 0 Å². The largest absolute Gasteiger partial charge is 0.335 e. The van der Waals surface area contributed by atoms with Crippen LogP contribution in [0.25, 0.3) is 11.4 Å². The molecule has 0 saturated carbocycles. The number of hydrogen-bond acceptors (Lipinski definition) is 6. The number of hydrazine groups is 1. The molecule has 2 heterocycles. The fourth-order valence-electron chi connectivity index (χ4n) is 0.791. The van der Waals surface area contributed by atoms with Gasteiger partial charge in [0.05, 0.1) is 0 Å². The standard InChI is InChI=1S/C6H6N4OS/c7-9-6-8-5(10-11-6)4-1-2-12-3-4/h1-3H,7H2,(H,8,9,10). The van der Waals surface area contributed by atoms with Gasteiger partial charge in [0, 0.05) is 10.9 Å². The van der Waals surface area contributed by atoms with E-state index in [0.29, 0.717) is 5.82 Å². The summed E-state index contributed by atoms with van der Waals surface area (Å²) in [6.45, 7) is 0. The predicted octanol–water partition coefficient (Wildman–Crippen LogP) is 1.08. The molecule has 0 amide bonds. The van der Waals surface area contributed by atoms with Crippen molar-refractivity contribution in [1.29, 1.82) is 0 Å². The summed E-state index contributed by atoms with van der Waals surface area (Å²) in [5.74, 6) is 5.62. The van der Waals surface area contributed by atoms with E-state index in [-0.39, 0.29) is 6.01 Å². The number of nitrogens with two attached hydrogens (primary N) is 1. The quantitative estimate of drug-likeness (QED) is 0.537. The van der Waals surface area contributed by atoms with Gasteiger partial charge in [0.15, 0.2) is 0 Å². The number of aromatic nitrogens is 2. The second-order valence-electron chi connectivity index (χ2n) is 2.08. The highest BCUT2D eigenvalue weighted by molar-refractivity contribution is 7.08. The molecule has 5 nitrogen and oxygen atoms in total. The molecule has 2 aromatic rings. The molecule has 0 radical (unpaired) electrons. The Labute approximate surface area is 72.2 Å². The number of nitrogen functional groups attached to an aromatic ring is 1. The molecular weight excluding hydrogens is 176 g/mol. The Hall–Kier alpha value is -1.40. The SMILES string of the molecule is NNc1nc(-c2ccsc2)no1. The lowest BCUT2D eigenvalue weighted by atomic mass is 10.3. The Balaban J connectivity index is 2.35. The zero-order valence-electron chi connectivity index (χ0n) is 6.02. The highest BCUT2D eigenvalue weighted by Crippen LogP contribution is 2.19. The minimum absolute atomic E-state index is 0.219. The van der Waals surface area contributed by atoms with E-state index in [0.717, 1.165) is 5.56 Å². The van der Waals surface area contributed by atoms with E-state index in [2.05, 4.69) is 15.6 Å². The van der Waals surface area contributed by atoms with Crippen molar-refractivity contribution in [2.24, 2.45) is 5.84 Å². The summed E-state index contributed by atoms with van der Waals surface area (Å²) in [6, 6.07) is 2.13. The van der Waals surface area contributed by atoms with Gasteiger partial charge < -0.3 is 4.52 Å². The summed E-state index contributed by atoms with van der Waals surface area (Å²) in [5, 5.41) is 7.59. The van der Waals surface area contributed by atoms with Crippen LogP contribution < -0.4 is 11.3 Å². The van der Waals surface area contributed by atoms with Gasteiger partial charge in [0.2, 0.25) is 5.82 Å². The van der Waals surface area contributed by atoms with E-state index in [9.17, 15) is 0 Å². The number of rotatable bonds is 2. The third-order valence-corrected chi connectivity index (χ3v) is 2.01. The van der Waals surface area contributed by atoms with Gasteiger partial charge >= 0.3 is 6.01 Å². The molecule has 0 unspecified atom stereocenters. The first-order valence-electron chi connectivity index (χ1n) is 3.23. The lowest BCUT2D eigenvalue weighted by Crippen LogP contribution is -2.06.